The van der Waals surface area contributed by atoms with Gasteiger partial charge < -0.3 is 24.8 Å². The summed E-state index contributed by atoms with van der Waals surface area (Å²) in [4.78, 5) is 37.3. The number of nitrogens with one attached hydrogen (secondary N) is 1. The third-order valence-electron chi connectivity index (χ3n) is 4.76. The highest BCUT2D eigenvalue weighted by atomic mass is 16.6. The zero-order valence-corrected chi connectivity index (χ0v) is 15.5. The number of hydrogen-bond acceptors (Lipinski definition) is 5. The van der Waals surface area contributed by atoms with Gasteiger partial charge in [0.2, 0.25) is 11.8 Å². The standard InChI is InChI=1S/C19H24N2O6/c1-19(2,6-5-17(23)24)20-18(25)12-9-16(22)21(11-12)13-3-4-14-15(10-13)27-8-7-26-14/h3-4,10,12H,5-9,11H2,1-2H3,(H,20,25)(H,23,24). The molecule has 2 heterocycles. The normalized spacial score (nSPS) is 19.1. The highest BCUT2D eigenvalue weighted by molar-refractivity contribution is 6.00. The van der Waals surface area contributed by atoms with Crippen molar-refractivity contribution in [1.82, 2.24) is 5.32 Å². The average Bonchev–Trinajstić information content (AvgIpc) is 3.01. The Morgan fingerprint density at radius 2 is 1.96 bits per heavy atom. The van der Waals surface area contributed by atoms with E-state index in [0.717, 1.165) is 0 Å². The van der Waals surface area contributed by atoms with Crippen LogP contribution in [0.25, 0.3) is 0 Å². The predicted octanol–water partition coefficient (Wildman–Crippen LogP) is 1.57. The number of hydrogen-bond donors (Lipinski definition) is 2. The number of amides is 2. The van der Waals surface area contributed by atoms with Crippen molar-refractivity contribution < 1.29 is 29.0 Å². The number of nitrogens with zero attached hydrogens (tertiary/aromatic N) is 1. The molecule has 0 saturated carbocycles. The molecule has 1 aromatic carbocycles. The van der Waals surface area contributed by atoms with E-state index in [1.54, 1.807) is 36.9 Å². The van der Waals surface area contributed by atoms with E-state index in [1.165, 1.54) is 0 Å². The largest absolute Gasteiger partial charge is 0.486 e. The summed E-state index contributed by atoms with van der Waals surface area (Å²) < 4.78 is 11.0. The van der Waals surface area contributed by atoms with Gasteiger partial charge in [-0.15, -0.1) is 0 Å². The maximum Gasteiger partial charge on any atom is 0.303 e. The first-order valence-electron chi connectivity index (χ1n) is 8.99. The molecule has 0 spiro atoms. The van der Waals surface area contributed by atoms with Crippen LogP contribution in [0, 0.1) is 5.92 Å². The predicted molar refractivity (Wildman–Crippen MR) is 97.0 cm³/mol. The first-order chi connectivity index (χ1) is 12.7. The van der Waals surface area contributed by atoms with Gasteiger partial charge in [-0.2, -0.15) is 0 Å². The Bertz CT molecular complexity index is 761. The number of aliphatic carboxylic acids is 1. The van der Waals surface area contributed by atoms with E-state index < -0.39 is 17.4 Å². The van der Waals surface area contributed by atoms with Crippen molar-refractivity contribution in [3.63, 3.8) is 0 Å². The molecule has 146 valence electrons. The summed E-state index contributed by atoms with van der Waals surface area (Å²) in [6, 6.07) is 5.30. The Hall–Kier alpha value is -2.77. The van der Waals surface area contributed by atoms with Crippen LogP contribution in [0.2, 0.25) is 0 Å². The SMILES string of the molecule is CC(C)(CCC(=O)O)NC(=O)C1CC(=O)N(c2ccc3c(c2)OCCO3)C1. The van der Waals surface area contributed by atoms with Gasteiger partial charge in [-0.25, -0.2) is 0 Å². The monoisotopic (exact) mass is 376 g/mol. The van der Waals surface area contributed by atoms with E-state index in [1.807, 2.05) is 0 Å². The van der Waals surface area contributed by atoms with Crippen molar-refractivity contribution >= 4 is 23.5 Å². The fourth-order valence-electron chi connectivity index (χ4n) is 3.25. The molecule has 0 radical (unpaired) electrons. The van der Waals surface area contributed by atoms with Gasteiger partial charge in [0.05, 0.1) is 5.92 Å². The summed E-state index contributed by atoms with van der Waals surface area (Å²) in [5.41, 5.74) is 0.0211. The zero-order chi connectivity index (χ0) is 19.6. The van der Waals surface area contributed by atoms with Crippen molar-refractivity contribution in [2.75, 3.05) is 24.7 Å². The first-order valence-corrected chi connectivity index (χ1v) is 8.99. The molecule has 2 aliphatic heterocycles. The van der Waals surface area contributed by atoms with E-state index in [2.05, 4.69) is 5.32 Å². The van der Waals surface area contributed by atoms with Crippen LogP contribution in [0.1, 0.15) is 33.1 Å². The second-order valence-electron chi connectivity index (χ2n) is 7.50. The summed E-state index contributed by atoms with van der Waals surface area (Å²) in [6.45, 7) is 4.79. The molecule has 1 aromatic rings. The lowest BCUT2D eigenvalue weighted by Crippen LogP contribution is -2.46. The number of fused-ring (bicyclic) bond motifs is 1. The number of ether oxygens (including phenoxy) is 2. The van der Waals surface area contributed by atoms with Crippen LogP contribution < -0.4 is 19.7 Å². The summed E-state index contributed by atoms with van der Waals surface area (Å²) >= 11 is 0. The molecule has 0 aromatic heterocycles. The number of carbonyl (C=O) groups is 3. The summed E-state index contributed by atoms with van der Waals surface area (Å²) in [6.07, 6.45) is 0.413. The Morgan fingerprint density at radius 3 is 2.67 bits per heavy atom. The summed E-state index contributed by atoms with van der Waals surface area (Å²) in [7, 11) is 0. The maximum absolute atomic E-state index is 12.6. The summed E-state index contributed by atoms with van der Waals surface area (Å²) in [5.74, 6) is -0.512. The van der Waals surface area contributed by atoms with Crippen LogP contribution >= 0.6 is 0 Å². The van der Waals surface area contributed by atoms with Gasteiger partial charge in [0.25, 0.3) is 0 Å². The van der Waals surface area contributed by atoms with Crippen molar-refractivity contribution in [3.05, 3.63) is 18.2 Å². The highest BCUT2D eigenvalue weighted by Crippen LogP contribution is 2.36. The van der Waals surface area contributed by atoms with Crippen molar-refractivity contribution in [2.45, 2.75) is 38.6 Å². The van der Waals surface area contributed by atoms with Gasteiger partial charge in [-0.1, -0.05) is 0 Å². The second kappa shape index (κ2) is 7.46. The molecule has 1 atom stereocenters. The fourth-order valence-corrected chi connectivity index (χ4v) is 3.25. The highest BCUT2D eigenvalue weighted by Gasteiger charge is 2.37. The number of carbonyl (C=O) groups excluding carboxylic acids is 2. The van der Waals surface area contributed by atoms with Gasteiger partial charge >= 0.3 is 5.97 Å². The molecule has 0 aliphatic carbocycles. The molecule has 2 aliphatic rings. The Labute approximate surface area is 157 Å². The fraction of sp³-hybridized carbons (Fsp3) is 0.526. The average molecular weight is 376 g/mol. The van der Waals surface area contributed by atoms with Gasteiger partial charge in [-0.3, -0.25) is 14.4 Å². The lowest BCUT2D eigenvalue weighted by atomic mass is 9.96. The molecule has 0 bridgehead atoms. The molecule has 1 unspecified atom stereocenters. The summed E-state index contributed by atoms with van der Waals surface area (Å²) in [5, 5.41) is 11.7. The van der Waals surface area contributed by atoms with Gasteiger partial charge in [-0.05, 0) is 32.4 Å². The molecular formula is C19H24N2O6. The van der Waals surface area contributed by atoms with E-state index in [0.29, 0.717) is 36.8 Å². The smallest absolute Gasteiger partial charge is 0.303 e. The zero-order valence-electron chi connectivity index (χ0n) is 15.5. The number of rotatable bonds is 6. The Kier molecular flexibility index (Phi) is 5.25. The van der Waals surface area contributed by atoms with Gasteiger partial charge in [0.1, 0.15) is 13.2 Å². The minimum absolute atomic E-state index is 0.0276. The van der Waals surface area contributed by atoms with Crippen LogP contribution in [0.15, 0.2) is 18.2 Å². The Morgan fingerprint density at radius 1 is 1.26 bits per heavy atom. The lowest BCUT2D eigenvalue weighted by molar-refractivity contribution is -0.138. The van der Waals surface area contributed by atoms with E-state index in [9.17, 15) is 14.4 Å². The molecule has 8 nitrogen and oxygen atoms in total. The van der Waals surface area contributed by atoms with E-state index in [-0.39, 0.29) is 31.2 Å². The maximum atomic E-state index is 12.6. The third kappa shape index (κ3) is 4.50. The molecule has 1 saturated heterocycles. The molecular weight excluding hydrogens is 352 g/mol. The third-order valence-corrected chi connectivity index (χ3v) is 4.76. The van der Waals surface area contributed by atoms with Crippen molar-refractivity contribution in [1.29, 1.82) is 0 Å². The first kappa shape index (κ1) is 19.0. The quantitative estimate of drug-likeness (QED) is 0.781. The van der Waals surface area contributed by atoms with Crippen LogP contribution in [0.4, 0.5) is 5.69 Å². The molecule has 3 rings (SSSR count). The van der Waals surface area contributed by atoms with Gasteiger partial charge in [0, 0.05) is 36.7 Å². The topological polar surface area (TPSA) is 105 Å². The molecule has 2 N–H and O–H groups in total. The van der Waals surface area contributed by atoms with Gasteiger partial charge in [0.15, 0.2) is 11.5 Å². The van der Waals surface area contributed by atoms with Crippen LogP contribution in [-0.4, -0.2) is 48.2 Å². The molecule has 27 heavy (non-hydrogen) atoms. The minimum atomic E-state index is -0.904. The van der Waals surface area contributed by atoms with Crippen LogP contribution in [0.5, 0.6) is 11.5 Å². The van der Waals surface area contributed by atoms with E-state index >= 15 is 0 Å². The van der Waals surface area contributed by atoms with Crippen molar-refractivity contribution in [2.24, 2.45) is 5.92 Å². The second-order valence-corrected chi connectivity index (χ2v) is 7.50. The number of carboxylic acid groups (broad SMARTS) is 1. The number of carboxylic acids is 1. The number of benzene rings is 1. The molecule has 2 amide bonds. The Balaban J connectivity index is 1.64. The van der Waals surface area contributed by atoms with Crippen LogP contribution in [-0.2, 0) is 14.4 Å². The van der Waals surface area contributed by atoms with E-state index in [4.69, 9.17) is 14.6 Å². The van der Waals surface area contributed by atoms with Crippen LogP contribution in [0.3, 0.4) is 0 Å². The minimum Gasteiger partial charge on any atom is -0.486 e. The lowest BCUT2D eigenvalue weighted by Gasteiger charge is -2.27. The molecule has 1 fully saturated rings. The van der Waals surface area contributed by atoms with Crippen molar-refractivity contribution in [3.8, 4) is 11.5 Å². The molecule has 8 heteroatoms. The number of anilines is 1.